The lowest BCUT2D eigenvalue weighted by Gasteiger charge is -2.58. The minimum Gasteiger partial charge on any atom is -0.301 e. The molecule has 0 bridgehead atoms. The highest BCUT2D eigenvalue weighted by Gasteiger charge is 2.61. The molecule has 3 heterocycles. The molecule has 4 aromatic rings. The van der Waals surface area contributed by atoms with Gasteiger partial charge in [-0.1, -0.05) is 76.2 Å². The second-order valence-electron chi connectivity index (χ2n) is 11.1. The van der Waals surface area contributed by atoms with Gasteiger partial charge in [0, 0.05) is 34.6 Å². The third-order valence-electron chi connectivity index (χ3n) is 9.49. The predicted octanol–water partition coefficient (Wildman–Crippen LogP) is 8.47. The molecule has 4 heteroatoms. The molecular formula is C33H36N4. The van der Waals surface area contributed by atoms with Crippen molar-refractivity contribution in [2.45, 2.75) is 66.0 Å². The summed E-state index contributed by atoms with van der Waals surface area (Å²) in [5.74, 6) is 1.88. The summed E-state index contributed by atoms with van der Waals surface area (Å²) >= 11 is 0. The van der Waals surface area contributed by atoms with Crippen molar-refractivity contribution in [1.82, 2.24) is 9.97 Å². The highest BCUT2D eigenvalue weighted by Crippen LogP contribution is 2.63. The summed E-state index contributed by atoms with van der Waals surface area (Å²) < 4.78 is 0. The number of para-hydroxylation sites is 1. The number of aryl methyl sites for hydroxylation is 2. The maximum Gasteiger partial charge on any atom is 0.178 e. The van der Waals surface area contributed by atoms with E-state index in [1.165, 1.54) is 39.2 Å². The number of benzene rings is 3. The Morgan fingerprint density at radius 3 is 1.97 bits per heavy atom. The molecule has 0 saturated carbocycles. The van der Waals surface area contributed by atoms with E-state index < -0.39 is 0 Å². The van der Waals surface area contributed by atoms with Crippen LogP contribution in [-0.4, -0.2) is 16.1 Å². The Labute approximate surface area is 221 Å². The Morgan fingerprint density at radius 2 is 1.35 bits per heavy atom. The lowest BCUT2D eigenvalue weighted by Crippen LogP contribution is -2.62. The number of fused-ring (bicyclic) bond motifs is 5. The molecule has 0 radical (unpaired) electrons. The van der Waals surface area contributed by atoms with Crippen LogP contribution in [0.25, 0.3) is 11.1 Å². The van der Waals surface area contributed by atoms with E-state index in [1.807, 2.05) is 12.4 Å². The van der Waals surface area contributed by atoms with Gasteiger partial charge in [0.1, 0.15) is 6.17 Å². The lowest BCUT2D eigenvalue weighted by atomic mass is 9.55. The van der Waals surface area contributed by atoms with Crippen LogP contribution < -0.4 is 9.80 Å². The van der Waals surface area contributed by atoms with Crippen LogP contribution in [-0.2, 0) is 5.41 Å². The Balaban J connectivity index is 1.62. The third-order valence-corrected chi connectivity index (χ3v) is 9.49. The first-order valence-corrected chi connectivity index (χ1v) is 13.5. The molecule has 2 aliphatic rings. The van der Waals surface area contributed by atoms with Crippen molar-refractivity contribution in [1.29, 1.82) is 0 Å². The summed E-state index contributed by atoms with van der Waals surface area (Å²) in [4.78, 5) is 14.8. The van der Waals surface area contributed by atoms with E-state index in [-0.39, 0.29) is 17.0 Å². The van der Waals surface area contributed by atoms with Gasteiger partial charge in [0.05, 0.1) is 0 Å². The second-order valence-corrected chi connectivity index (χ2v) is 11.1. The maximum absolute atomic E-state index is 4.95. The molecule has 1 aromatic heterocycles. The van der Waals surface area contributed by atoms with Crippen LogP contribution >= 0.6 is 0 Å². The molecular weight excluding hydrogens is 452 g/mol. The average molecular weight is 489 g/mol. The molecule has 0 saturated heterocycles. The minimum atomic E-state index is -0.0571. The quantitative estimate of drug-likeness (QED) is 0.288. The van der Waals surface area contributed by atoms with Crippen LogP contribution in [0.5, 0.6) is 0 Å². The highest BCUT2D eigenvalue weighted by atomic mass is 15.5. The Bertz CT molecular complexity index is 1460. The van der Waals surface area contributed by atoms with Gasteiger partial charge in [-0.15, -0.1) is 0 Å². The molecule has 0 N–H and O–H groups in total. The molecule has 6 rings (SSSR count). The van der Waals surface area contributed by atoms with Crippen LogP contribution in [0.2, 0.25) is 0 Å². The molecule has 0 fully saturated rings. The topological polar surface area (TPSA) is 32.3 Å². The predicted molar refractivity (Wildman–Crippen MR) is 154 cm³/mol. The van der Waals surface area contributed by atoms with Gasteiger partial charge >= 0.3 is 0 Å². The van der Waals surface area contributed by atoms with Crippen LogP contribution in [0, 0.1) is 19.3 Å². The molecule has 0 amide bonds. The van der Waals surface area contributed by atoms with Crippen molar-refractivity contribution in [2.75, 3.05) is 9.80 Å². The first-order chi connectivity index (χ1) is 17.9. The number of aromatic nitrogens is 2. The van der Waals surface area contributed by atoms with E-state index in [9.17, 15) is 0 Å². The van der Waals surface area contributed by atoms with E-state index in [2.05, 4.69) is 118 Å². The van der Waals surface area contributed by atoms with Crippen LogP contribution in [0.15, 0.2) is 79.1 Å². The molecule has 0 spiro atoms. The van der Waals surface area contributed by atoms with Crippen molar-refractivity contribution >= 4 is 23.0 Å². The van der Waals surface area contributed by atoms with Crippen LogP contribution in [0.3, 0.4) is 0 Å². The van der Waals surface area contributed by atoms with Crippen LogP contribution in [0.4, 0.5) is 23.0 Å². The monoisotopic (exact) mass is 488 g/mol. The first-order valence-electron chi connectivity index (χ1n) is 13.5. The molecule has 188 valence electrons. The highest BCUT2D eigenvalue weighted by molar-refractivity contribution is 5.88. The van der Waals surface area contributed by atoms with Gasteiger partial charge in [0.2, 0.25) is 0 Å². The summed E-state index contributed by atoms with van der Waals surface area (Å²) in [5, 5.41) is 0. The molecule has 0 aliphatic carbocycles. The number of hydrogen-bond donors (Lipinski definition) is 0. The van der Waals surface area contributed by atoms with Gasteiger partial charge in [0.25, 0.3) is 0 Å². The van der Waals surface area contributed by atoms with Gasteiger partial charge < -0.3 is 9.80 Å². The maximum atomic E-state index is 4.95. The van der Waals surface area contributed by atoms with Crippen molar-refractivity contribution in [3.63, 3.8) is 0 Å². The van der Waals surface area contributed by atoms with E-state index in [0.29, 0.717) is 0 Å². The fraction of sp³-hybridized carbons (Fsp3) is 0.333. The second kappa shape index (κ2) is 8.44. The van der Waals surface area contributed by atoms with Crippen LogP contribution in [0.1, 0.15) is 57.2 Å². The van der Waals surface area contributed by atoms with Gasteiger partial charge in [-0.25, -0.2) is 9.97 Å². The zero-order valence-electron chi connectivity index (χ0n) is 22.8. The van der Waals surface area contributed by atoms with Crippen molar-refractivity contribution in [3.8, 4) is 11.1 Å². The number of hydrogen-bond acceptors (Lipinski definition) is 4. The van der Waals surface area contributed by atoms with Crippen molar-refractivity contribution in [3.05, 3.63) is 95.8 Å². The van der Waals surface area contributed by atoms with E-state index in [0.717, 1.165) is 24.5 Å². The molecule has 3 unspecified atom stereocenters. The average Bonchev–Trinajstić information content (AvgIpc) is 3.28. The Morgan fingerprint density at radius 1 is 0.757 bits per heavy atom. The third kappa shape index (κ3) is 3.14. The normalized spacial score (nSPS) is 24.0. The minimum absolute atomic E-state index is 0.00608. The van der Waals surface area contributed by atoms with Crippen molar-refractivity contribution in [2.24, 2.45) is 5.41 Å². The summed E-state index contributed by atoms with van der Waals surface area (Å²) in [6, 6.07) is 24.3. The number of rotatable bonds is 4. The summed E-state index contributed by atoms with van der Waals surface area (Å²) in [5.41, 5.74) is 8.90. The van der Waals surface area contributed by atoms with Gasteiger partial charge in [0.15, 0.2) is 11.6 Å². The lowest BCUT2D eigenvalue weighted by molar-refractivity contribution is 0.0963. The molecule has 37 heavy (non-hydrogen) atoms. The number of anilines is 4. The summed E-state index contributed by atoms with van der Waals surface area (Å²) in [6.45, 7) is 14.1. The fourth-order valence-corrected chi connectivity index (χ4v) is 7.14. The summed E-state index contributed by atoms with van der Waals surface area (Å²) in [6.07, 6.45) is 5.83. The first kappa shape index (κ1) is 23.7. The molecule has 3 atom stereocenters. The molecule has 3 aromatic carbocycles. The van der Waals surface area contributed by atoms with E-state index in [1.54, 1.807) is 0 Å². The van der Waals surface area contributed by atoms with Gasteiger partial charge in [-0.2, -0.15) is 0 Å². The SMILES string of the molecule is CCC1(C)c2ccccc2N2c3nccnc3N(c3cc(C)c(-c4ccccc4)c(C)c3)C2C1(C)CC. The van der Waals surface area contributed by atoms with E-state index in [4.69, 9.17) is 9.97 Å². The van der Waals surface area contributed by atoms with Gasteiger partial charge in [-0.05, 0) is 72.7 Å². The largest absolute Gasteiger partial charge is 0.301 e. The standard InChI is InChI=1S/C33H36N4/c1-7-32(5)26-16-12-13-17-27(26)37-30-29(34-18-19-35-30)36(31(37)33(32,6)8-2)25-20-22(3)28(23(4)21-25)24-14-10-9-11-15-24/h9-21,31H,7-8H2,1-6H3. The molecule has 2 aliphatic heterocycles. The fourth-order valence-electron chi connectivity index (χ4n) is 7.14. The Kier molecular flexibility index (Phi) is 5.41. The van der Waals surface area contributed by atoms with E-state index >= 15 is 0 Å². The van der Waals surface area contributed by atoms with Gasteiger partial charge in [-0.3, -0.25) is 0 Å². The summed E-state index contributed by atoms with van der Waals surface area (Å²) in [7, 11) is 0. The smallest absolute Gasteiger partial charge is 0.178 e. The van der Waals surface area contributed by atoms with Crippen molar-refractivity contribution < 1.29 is 0 Å². The zero-order valence-corrected chi connectivity index (χ0v) is 22.8. The molecule has 4 nitrogen and oxygen atoms in total. The zero-order chi connectivity index (χ0) is 25.9. The Hall–Kier alpha value is -3.66. The number of nitrogens with zero attached hydrogens (tertiary/aromatic N) is 4.